The number of aliphatic imine (C=N–C) groups is 1. The van der Waals surface area contributed by atoms with E-state index < -0.39 is 0 Å². The predicted molar refractivity (Wildman–Crippen MR) is 119 cm³/mol. The summed E-state index contributed by atoms with van der Waals surface area (Å²) in [5.41, 5.74) is 0. The van der Waals surface area contributed by atoms with Crippen LogP contribution in [0.25, 0.3) is 0 Å². The van der Waals surface area contributed by atoms with E-state index in [1.165, 1.54) is 19.4 Å². The van der Waals surface area contributed by atoms with E-state index in [2.05, 4.69) is 34.4 Å². The highest BCUT2D eigenvalue weighted by atomic mass is 127. The molecule has 0 spiro atoms. The molecule has 2 saturated heterocycles. The summed E-state index contributed by atoms with van der Waals surface area (Å²) in [6.07, 6.45) is 6.47. The maximum Gasteiger partial charge on any atom is 0.224 e. The summed E-state index contributed by atoms with van der Waals surface area (Å²) < 4.78 is 0. The molecule has 0 radical (unpaired) electrons. The second-order valence-corrected chi connectivity index (χ2v) is 7.60. The van der Waals surface area contributed by atoms with Gasteiger partial charge in [-0.3, -0.25) is 9.79 Å². The van der Waals surface area contributed by atoms with Gasteiger partial charge in [0.15, 0.2) is 5.96 Å². The zero-order valence-corrected chi connectivity index (χ0v) is 19.1. The van der Waals surface area contributed by atoms with Gasteiger partial charge in [-0.15, -0.1) is 24.0 Å². The molecule has 0 aromatic carbocycles. The van der Waals surface area contributed by atoms with Crippen LogP contribution in [-0.2, 0) is 4.79 Å². The van der Waals surface area contributed by atoms with Crippen LogP contribution in [0.4, 0.5) is 0 Å². The summed E-state index contributed by atoms with van der Waals surface area (Å²) in [5, 5.41) is 6.83. The first-order valence-electron chi connectivity index (χ1n) is 10.1. The maximum absolute atomic E-state index is 12.3. The Morgan fingerprint density at radius 2 is 1.92 bits per heavy atom. The molecule has 26 heavy (non-hydrogen) atoms. The first kappa shape index (κ1) is 23.5. The molecule has 0 aliphatic carbocycles. The van der Waals surface area contributed by atoms with Crippen LogP contribution in [-0.4, -0.2) is 74.0 Å². The van der Waals surface area contributed by atoms with Crippen LogP contribution in [0.1, 0.15) is 52.4 Å². The number of carbonyl (C=O) groups is 1. The van der Waals surface area contributed by atoms with Crippen molar-refractivity contribution in [2.45, 2.75) is 58.4 Å². The molecule has 2 fully saturated rings. The fourth-order valence-corrected chi connectivity index (χ4v) is 3.87. The Balaban J connectivity index is 0.00000338. The highest BCUT2D eigenvalue weighted by Crippen LogP contribution is 2.16. The summed E-state index contributed by atoms with van der Waals surface area (Å²) in [4.78, 5) is 21.2. The number of hydrogen-bond donors (Lipinski definition) is 2. The molecule has 2 N–H and O–H groups in total. The molecule has 1 amide bonds. The van der Waals surface area contributed by atoms with Gasteiger partial charge in [0.05, 0.1) is 0 Å². The van der Waals surface area contributed by atoms with E-state index in [1.54, 1.807) is 7.05 Å². The number of nitrogens with zero attached hydrogens (tertiary/aromatic N) is 3. The summed E-state index contributed by atoms with van der Waals surface area (Å²) in [6.45, 7) is 10.5. The molecule has 0 bridgehead atoms. The number of guanidine groups is 1. The molecule has 0 aromatic rings. The van der Waals surface area contributed by atoms with Gasteiger partial charge in [0.2, 0.25) is 5.91 Å². The summed E-state index contributed by atoms with van der Waals surface area (Å²) in [6, 6.07) is 0.484. The SMILES string of the molecule is CCCN1CCC(NC(=NC)NCCC(=O)N2CCCC(C)C2)CC1.I. The van der Waals surface area contributed by atoms with Gasteiger partial charge in [-0.2, -0.15) is 0 Å². The van der Waals surface area contributed by atoms with Gasteiger partial charge in [0.1, 0.15) is 0 Å². The van der Waals surface area contributed by atoms with Gasteiger partial charge in [0.25, 0.3) is 0 Å². The van der Waals surface area contributed by atoms with Gasteiger partial charge in [0, 0.05) is 52.2 Å². The van der Waals surface area contributed by atoms with Gasteiger partial charge in [-0.1, -0.05) is 13.8 Å². The lowest BCUT2D eigenvalue weighted by Gasteiger charge is -2.33. The minimum absolute atomic E-state index is 0. The zero-order chi connectivity index (χ0) is 18.1. The number of nitrogens with one attached hydrogen (secondary N) is 2. The minimum atomic E-state index is 0. The fraction of sp³-hybridized carbons (Fsp3) is 0.895. The van der Waals surface area contributed by atoms with E-state index in [0.717, 1.165) is 51.4 Å². The molecule has 152 valence electrons. The van der Waals surface area contributed by atoms with Crippen LogP contribution >= 0.6 is 24.0 Å². The maximum atomic E-state index is 12.3. The quantitative estimate of drug-likeness (QED) is 0.349. The molecule has 2 heterocycles. The topological polar surface area (TPSA) is 60.0 Å². The molecular formula is C19H38IN5O. The number of likely N-dealkylation sites (tertiary alicyclic amines) is 2. The fourth-order valence-electron chi connectivity index (χ4n) is 3.87. The molecule has 2 rings (SSSR count). The smallest absolute Gasteiger partial charge is 0.224 e. The average Bonchev–Trinajstić information content (AvgIpc) is 2.62. The van der Waals surface area contributed by atoms with Gasteiger partial charge in [-0.25, -0.2) is 0 Å². The van der Waals surface area contributed by atoms with Crippen LogP contribution < -0.4 is 10.6 Å². The largest absolute Gasteiger partial charge is 0.356 e. The number of piperidine rings is 2. The number of halogens is 1. The first-order valence-corrected chi connectivity index (χ1v) is 10.1. The highest BCUT2D eigenvalue weighted by Gasteiger charge is 2.21. The van der Waals surface area contributed by atoms with E-state index in [9.17, 15) is 4.79 Å². The Morgan fingerprint density at radius 3 is 2.54 bits per heavy atom. The van der Waals surface area contributed by atoms with Crippen molar-refractivity contribution < 1.29 is 4.79 Å². The van der Waals surface area contributed by atoms with Crippen molar-refractivity contribution in [3.8, 4) is 0 Å². The zero-order valence-electron chi connectivity index (χ0n) is 16.8. The number of carbonyl (C=O) groups excluding carboxylic acids is 1. The van der Waals surface area contributed by atoms with Crippen LogP contribution in [0.5, 0.6) is 0 Å². The Morgan fingerprint density at radius 1 is 1.19 bits per heavy atom. The Bertz CT molecular complexity index is 438. The predicted octanol–water partition coefficient (Wildman–Crippen LogP) is 2.29. The van der Waals surface area contributed by atoms with E-state index in [0.29, 0.717) is 24.9 Å². The second-order valence-electron chi connectivity index (χ2n) is 7.60. The lowest BCUT2D eigenvalue weighted by atomic mass is 10.00. The highest BCUT2D eigenvalue weighted by molar-refractivity contribution is 14.0. The van der Waals surface area contributed by atoms with Crippen molar-refractivity contribution >= 4 is 35.8 Å². The molecule has 0 saturated carbocycles. The molecular weight excluding hydrogens is 441 g/mol. The van der Waals surface area contributed by atoms with Gasteiger partial charge >= 0.3 is 0 Å². The normalized spacial score (nSPS) is 22.7. The summed E-state index contributed by atoms with van der Waals surface area (Å²) in [5.74, 6) is 1.73. The standard InChI is InChI=1S/C19H37N5O.HI/c1-4-11-23-13-8-17(9-14-23)22-19(20-3)21-10-7-18(25)24-12-5-6-16(2)15-24;/h16-17H,4-15H2,1-3H3,(H2,20,21,22);1H. The minimum Gasteiger partial charge on any atom is -0.356 e. The van der Waals surface area contributed by atoms with Crippen LogP contribution in [0.2, 0.25) is 0 Å². The summed E-state index contributed by atoms with van der Waals surface area (Å²) in [7, 11) is 1.80. The van der Waals surface area contributed by atoms with Crippen molar-refractivity contribution in [2.75, 3.05) is 46.3 Å². The third-order valence-electron chi connectivity index (χ3n) is 5.33. The van der Waals surface area contributed by atoms with Gasteiger partial charge in [-0.05, 0) is 44.6 Å². The lowest BCUT2D eigenvalue weighted by molar-refractivity contribution is -0.132. The Labute approximate surface area is 176 Å². The molecule has 1 atom stereocenters. The molecule has 7 heteroatoms. The first-order chi connectivity index (χ1) is 12.1. The van der Waals surface area contributed by atoms with Gasteiger partial charge < -0.3 is 20.4 Å². The summed E-state index contributed by atoms with van der Waals surface area (Å²) >= 11 is 0. The third kappa shape index (κ3) is 7.98. The van der Waals surface area contributed by atoms with Crippen molar-refractivity contribution in [1.82, 2.24) is 20.4 Å². The van der Waals surface area contributed by atoms with Crippen LogP contribution in [0.15, 0.2) is 4.99 Å². The lowest BCUT2D eigenvalue weighted by Crippen LogP contribution is -2.49. The third-order valence-corrected chi connectivity index (χ3v) is 5.33. The second kappa shape index (κ2) is 12.8. The number of rotatable bonds is 6. The number of hydrogen-bond acceptors (Lipinski definition) is 3. The Hall–Kier alpha value is -0.570. The van der Waals surface area contributed by atoms with Crippen molar-refractivity contribution in [3.63, 3.8) is 0 Å². The van der Waals surface area contributed by atoms with Crippen molar-refractivity contribution in [3.05, 3.63) is 0 Å². The average molecular weight is 479 g/mol. The van der Waals surface area contributed by atoms with E-state index in [4.69, 9.17) is 0 Å². The molecule has 0 aromatic heterocycles. The van der Waals surface area contributed by atoms with Crippen molar-refractivity contribution in [1.29, 1.82) is 0 Å². The Kier molecular flexibility index (Phi) is 11.5. The molecule has 1 unspecified atom stereocenters. The van der Waals surface area contributed by atoms with E-state index in [1.807, 2.05) is 4.90 Å². The van der Waals surface area contributed by atoms with E-state index in [-0.39, 0.29) is 29.9 Å². The van der Waals surface area contributed by atoms with Crippen LogP contribution in [0.3, 0.4) is 0 Å². The monoisotopic (exact) mass is 479 g/mol. The van der Waals surface area contributed by atoms with Crippen LogP contribution in [0, 0.1) is 5.92 Å². The molecule has 2 aliphatic rings. The molecule has 2 aliphatic heterocycles. The van der Waals surface area contributed by atoms with E-state index >= 15 is 0 Å². The number of amides is 1. The van der Waals surface area contributed by atoms with Crippen molar-refractivity contribution in [2.24, 2.45) is 10.9 Å². The molecule has 6 nitrogen and oxygen atoms in total.